The van der Waals surface area contributed by atoms with Gasteiger partial charge in [-0.05, 0) is 88.8 Å². The number of rotatable bonds is 14. The van der Waals surface area contributed by atoms with Crippen molar-refractivity contribution in [3.63, 3.8) is 0 Å². The maximum Gasteiger partial charge on any atom is 0.307 e. The van der Waals surface area contributed by atoms with Gasteiger partial charge in [-0.25, -0.2) is 9.78 Å². The molecule has 2 N–H and O–H groups in total. The number of aromatic amines is 1. The van der Waals surface area contributed by atoms with E-state index in [2.05, 4.69) is 4.98 Å². The largest absolute Gasteiger partial charge is 0.494 e. The van der Waals surface area contributed by atoms with Crippen LogP contribution in [0.2, 0.25) is 0 Å². The van der Waals surface area contributed by atoms with Crippen LogP contribution in [-0.2, 0) is 34.3 Å². The molecule has 6 rings (SSSR count). The fourth-order valence-electron chi connectivity index (χ4n) is 5.38. The Kier molecular flexibility index (Phi) is 10.4. The minimum atomic E-state index is -0.384. The third kappa shape index (κ3) is 7.65. The van der Waals surface area contributed by atoms with Crippen LogP contribution in [-0.4, -0.2) is 22.8 Å². The van der Waals surface area contributed by atoms with E-state index in [0.29, 0.717) is 49.7 Å². The molecule has 3 aromatic heterocycles. The number of nitrogens with one attached hydrogen (secondary N) is 1. The van der Waals surface area contributed by atoms with Crippen LogP contribution in [0.25, 0.3) is 0 Å². The van der Waals surface area contributed by atoms with Gasteiger partial charge in [0.1, 0.15) is 36.9 Å². The van der Waals surface area contributed by atoms with E-state index >= 15 is 0 Å². The summed E-state index contributed by atoms with van der Waals surface area (Å²) in [6, 6.07) is 11.7. The van der Waals surface area contributed by atoms with Crippen molar-refractivity contribution in [2.45, 2.75) is 65.5 Å². The third-order valence-corrected chi connectivity index (χ3v) is 10.3. The Hall–Kier alpha value is -3.65. The van der Waals surface area contributed by atoms with Gasteiger partial charge in [0.05, 0.1) is 11.5 Å². The van der Waals surface area contributed by atoms with E-state index in [1.165, 1.54) is 0 Å². The van der Waals surface area contributed by atoms with Gasteiger partial charge in [-0.15, -0.1) is 0 Å². The van der Waals surface area contributed by atoms with Crippen molar-refractivity contribution in [3.8, 4) is 23.1 Å². The van der Waals surface area contributed by atoms with E-state index in [4.69, 9.17) is 29.0 Å². The van der Waals surface area contributed by atoms with E-state index in [1.54, 1.807) is 22.7 Å². The van der Waals surface area contributed by atoms with Crippen LogP contribution >= 0.6 is 34.0 Å². The van der Waals surface area contributed by atoms with Gasteiger partial charge in [-0.1, -0.05) is 23.5 Å². The first-order valence-electron chi connectivity index (χ1n) is 14.9. The molecule has 1 aliphatic rings. The number of aromatic hydroxyl groups is 1. The third-order valence-electron chi connectivity index (χ3n) is 7.95. The summed E-state index contributed by atoms with van der Waals surface area (Å²) in [6.07, 6.45) is 1.12. The number of H-pyrrole nitrogens is 1. The zero-order valence-corrected chi connectivity index (χ0v) is 28.2. The average Bonchev–Trinajstić information content (AvgIpc) is 3.82. The first-order valence-corrected chi connectivity index (χ1v) is 17.6. The second-order valence-corrected chi connectivity index (χ2v) is 13.8. The maximum absolute atomic E-state index is 11.5. The predicted octanol–water partition coefficient (Wildman–Crippen LogP) is 8.10. The highest BCUT2D eigenvalue weighted by molar-refractivity contribution is 7.09. The summed E-state index contributed by atoms with van der Waals surface area (Å²) in [7, 11) is 0. The normalized spacial score (nSPS) is 15.8. The lowest BCUT2D eigenvalue weighted by atomic mass is 9.89. The van der Waals surface area contributed by atoms with Gasteiger partial charge in [0.15, 0.2) is 5.75 Å². The zero-order chi connectivity index (χ0) is 32.0. The minimum Gasteiger partial charge on any atom is -0.494 e. The van der Waals surface area contributed by atoms with Crippen molar-refractivity contribution in [3.05, 3.63) is 111 Å². The second kappa shape index (κ2) is 14.8. The van der Waals surface area contributed by atoms with Crippen LogP contribution in [0.15, 0.2) is 62.7 Å². The van der Waals surface area contributed by atoms with E-state index in [9.17, 15) is 9.90 Å². The molecule has 0 aliphatic carbocycles. The fraction of sp³-hybridized carbons (Fsp3) is 0.324. The van der Waals surface area contributed by atoms with Crippen molar-refractivity contribution >= 4 is 34.0 Å². The molecule has 46 heavy (non-hydrogen) atoms. The molecule has 2 aromatic carbocycles. The molecule has 0 spiro atoms. The molecular weight excluding hydrogens is 647 g/mol. The molecule has 0 fully saturated rings. The number of aromatic nitrogens is 1. The van der Waals surface area contributed by atoms with Gasteiger partial charge < -0.3 is 19.5 Å². The molecule has 0 radical (unpaired) electrons. The van der Waals surface area contributed by atoms with Crippen LogP contribution in [0.4, 0.5) is 0 Å². The predicted molar refractivity (Wildman–Crippen MR) is 178 cm³/mol. The zero-order valence-electron chi connectivity index (χ0n) is 25.7. The van der Waals surface area contributed by atoms with E-state index in [1.807, 2.05) is 78.7 Å². The molecule has 0 bridgehead atoms. The average molecular weight is 682 g/mol. The Morgan fingerprint density at radius 1 is 0.913 bits per heavy atom. The molecule has 0 saturated carbocycles. The molecular formula is C34H35NO8S3. The van der Waals surface area contributed by atoms with Crippen LogP contribution in [0.5, 0.6) is 23.1 Å². The first kappa shape index (κ1) is 32.3. The number of benzene rings is 2. The topological polar surface area (TPSA) is 108 Å². The molecule has 9 nitrogen and oxygen atoms in total. The lowest BCUT2D eigenvalue weighted by Crippen LogP contribution is -2.30. The quantitative estimate of drug-likeness (QED) is 0.0895. The van der Waals surface area contributed by atoms with Crippen LogP contribution in [0.3, 0.4) is 0 Å². The van der Waals surface area contributed by atoms with Gasteiger partial charge in [0.2, 0.25) is 5.88 Å². The molecule has 5 aromatic rings. The number of ether oxygens (including phenoxy) is 2. The van der Waals surface area contributed by atoms with Crippen molar-refractivity contribution in [1.82, 2.24) is 4.98 Å². The SMILES string of the molecule is Cc1c(C)c2c(c(C)c1OOCc1ccsc1)C(OOCc1ccsc1)CC(CCOc1ccc(Cc3sc(=O)[nH]c3O)cc1)O2. The summed E-state index contributed by atoms with van der Waals surface area (Å²) in [4.78, 5) is 37.6. The van der Waals surface area contributed by atoms with Crippen LogP contribution in [0.1, 0.15) is 62.8 Å². The number of hydrogen-bond acceptors (Lipinski definition) is 11. The summed E-state index contributed by atoms with van der Waals surface area (Å²) in [5, 5.41) is 18.0. The highest BCUT2D eigenvalue weighted by Gasteiger charge is 2.35. The van der Waals surface area contributed by atoms with E-state index in [0.717, 1.165) is 61.8 Å². The molecule has 2 atom stereocenters. The van der Waals surface area contributed by atoms with Crippen molar-refractivity contribution in [2.75, 3.05) is 6.61 Å². The molecule has 0 amide bonds. The van der Waals surface area contributed by atoms with Crippen molar-refractivity contribution in [2.24, 2.45) is 0 Å². The van der Waals surface area contributed by atoms with Gasteiger partial charge in [-0.3, -0.25) is 9.78 Å². The van der Waals surface area contributed by atoms with Crippen LogP contribution in [0, 0.1) is 20.8 Å². The molecule has 2 unspecified atom stereocenters. The highest BCUT2D eigenvalue weighted by atomic mass is 32.1. The standard InChI is InChI=1S/C34H35NO8S3/c1-20-21(2)32-30(22(3)31(20)43-40-17-25-10-13-45-19-25)28(42-39-16-24-9-12-44-18-24)15-27(41-32)8-11-38-26-6-4-23(5-7-26)14-29-33(36)35-34(37)46-29/h4-7,9-10,12-13,18-19,27-28,36H,8,11,14-17H2,1-3H3,(H,35,37). The minimum absolute atomic E-state index is 0.0738. The number of fused-ring (bicyclic) bond motifs is 1. The van der Waals surface area contributed by atoms with Crippen molar-refractivity contribution < 1.29 is 34.1 Å². The van der Waals surface area contributed by atoms with Gasteiger partial charge in [0, 0.05) is 36.0 Å². The number of thiophene rings is 2. The Bertz CT molecular complexity index is 1780. The summed E-state index contributed by atoms with van der Waals surface area (Å²) in [5.41, 5.74) is 6.76. The van der Waals surface area contributed by atoms with Crippen LogP contribution < -0.4 is 19.2 Å². The molecule has 12 heteroatoms. The Labute approximate surface area is 278 Å². The highest BCUT2D eigenvalue weighted by Crippen LogP contribution is 2.47. The summed E-state index contributed by atoms with van der Waals surface area (Å²) in [6.45, 7) is 7.16. The molecule has 4 heterocycles. The second-order valence-electron chi connectivity index (χ2n) is 11.1. The lowest BCUT2D eigenvalue weighted by Gasteiger charge is -2.34. The fourth-order valence-corrected chi connectivity index (χ4v) is 7.44. The van der Waals surface area contributed by atoms with Gasteiger partial charge in [0.25, 0.3) is 0 Å². The lowest BCUT2D eigenvalue weighted by molar-refractivity contribution is -0.341. The summed E-state index contributed by atoms with van der Waals surface area (Å²) in [5.74, 6) is 2.09. The van der Waals surface area contributed by atoms with Gasteiger partial charge in [-0.2, -0.15) is 27.6 Å². The molecule has 0 saturated heterocycles. The summed E-state index contributed by atoms with van der Waals surface area (Å²) < 4.78 is 12.7. The van der Waals surface area contributed by atoms with Gasteiger partial charge >= 0.3 is 4.87 Å². The molecule has 242 valence electrons. The number of hydrogen-bond donors (Lipinski definition) is 2. The Morgan fingerprint density at radius 2 is 1.63 bits per heavy atom. The maximum atomic E-state index is 11.5. The summed E-state index contributed by atoms with van der Waals surface area (Å²) >= 11 is 4.25. The number of thiazole rings is 1. The Morgan fingerprint density at radius 3 is 2.28 bits per heavy atom. The first-order chi connectivity index (χ1) is 22.4. The smallest absolute Gasteiger partial charge is 0.307 e. The Balaban J connectivity index is 1.13. The van der Waals surface area contributed by atoms with E-state index < -0.39 is 0 Å². The van der Waals surface area contributed by atoms with E-state index in [-0.39, 0.29) is 23.0 Å². The van der Waals surface area contributed by atoms with Crippen molar-refractivity contribution in [1.29, 1.82) is 0 Å². The molecule has 1 aliphatic heterocycles. The monoisotopic (exact) mass is 681 g/mol.